The van der Waals surface area contributed by atoms with Crippen molar-refractivity contribution in [2.24, 2.45) is 5.73 Å². The number of aromatic nitrogens is 3. The number of hydrogen-bond acceptors (Lipinski definition) is 7. The molecule has 1 atom stereocenters. The van der Waals surface area contributed by atoms with Gasteiger partial charge in [0.05, 0.1) is 23.8 Å². The summed E-state index contributed by atoms with van der Waals surface area (Å²) >= 11 is 1.80. The van der Waals surface area contributed by atoms with Gasteiger partial charge in [-0.3, -0.25) is 4.90 Å². The van der Waals surface area contributed by atoms with E-state index in [1.54, 1.807) is 11.3 Å². The molecule has 0 saturated carbocycles. The second kappa shape index (κ2) is 9.68. The van der Waals surface area contributed by atoms with Crippen molar-refractivity contribution in [3.63, 3.8) is 0 Å². The van der Waals surface area contributed by atoms with Crippen LogP contribution in [0.1, 0.15) is 60.9 Å². The minimum atomic E-state index is 0. The maximum absolute atomic E-state index is 5.50. The van der Waals surface area contributed by atoms with Crippen LogP contribution in [0.5, 0.6) is 0 Å². The molecule has 136 valence electrons. The van der Waals surface area contributed by atoms with Crippen molar-refractivity contribution in [1.82, 2.24) is 20.0 Å². The normalized spacial score (nSPS) is 18.2. The molecule has 2 aromatic heterocycles. The molecule has 0 amide bonds. The van der Waals surface area contributed by atoms with E-state index in [1.807, 2.05) is 0 Å². The molecule has 0 aliphatic carbocycles. The van der Waals surface area contributed by atoms with Crippen molar-refractivity contribution >= 4 is 36.2 Å². The average Bonchev–Trinajstić information content (AvgIpc) is 3.16. The molecule has 0 radical (unpaired) electrons. The smallest absolute Gasteiger partial charge is 0.240 e. The Morgan fingerprint density at radius 3 is 2.79 bits per heavy atom. The van der Waals surface area contributed by atoms with E-state index < -0.39 is 0 Å². The van der Waals surface area contributed by atoms with E-state index in [0.29, 0.717) is 24.3 Å². The number of nitrogens with two attached hydrogens (primary N) is 1. The van der Waals surface area contributed by atoms with Crippen LogP contribution < -0.4 is 5.73 Å². The van der Waals surface area contributed by atoms with Crippen molar-refractivity contribution in [3.05, 3.63) is 27.8 Å². The van der Waals surface area contributed by atoms with Crippen molar-refractivity contribution in [2.75, 3.05) is 13.1 Å². The summed E-state index contributed by atoms with van der Waals surface area (Å²) in [7, 11) is 0. The number of piperidine rings is 1. The number of rotatable bonds is 5. The maximum atomic E-state index is 5.50. The van der Waals surface area contributed by atoms with Crippen LogP contribution in [0.4, 0.5) is 0 Å². The molecule has 1 saturated heterocycles. The number of likely N-dealkylation sites (tertiary alicyclic amines) is 1. The molecule has 2 aromatic rings. The topological polar surface area (TPSA) is 81.1 Å². The molecule has 3 rings (SSSR count). The van der Waals surface area contributed by atoms with Crippen molar-refractivity contribution in [2.45, 2.75) is 51.6 Å². The Morgan fingerprint density at radius 2 is 2.17 bits per heavy atom. The molecular formula is C15H25Cl2N5OS. The van der Waals surface area contributed by atoms with Gasteiger partial charge in [-0.05, 0) is 25.3 Å². The lowest BCUT2D eigenvalue weighted by Crippen LogP contribution is -2.34. The fraction of sp³-hybridized carbons (Fsp3) is 0.667. The first-order valence-corrected chi connectivity index (χ1v) is 8.73. The van der Waals surface area contributed by atoms with E-state index in [1.165, 1.54) is 23.5 Å². The van der Waals surface area contributed by atoms with Gasteiger partial charge in [0.25, 0.3) is 0 Å². The summed E-state index contributed by atoms with van der Waals surface area (Å²) in [5, 5.41) is 7.45. The van der Waals surface area contributed by atoms with Crippen LogP contribution in [0.2, 0.25) is 0 Å². The molecule has 6 nitrogen and oxygen atoms in total. The highest BCUT2D eigenvalue weighted by Crippen LogP contribution is 2.31. The lowest BCUT2D eigenvalue weighted by molar-refractivity contribution is 0.193. The van der Waals surface area contributed by atoms with Crippen LogP contribution in [0.15, 0.2) is 9.90 Å². The van der Waals surface area contributed by atoms with Crippen LogP contribution in [-0.4, -0.2) is 33.1 Å². The third-order valence-corrected chi connectivity index (χ3v) is 5.06. The van der Waals surface area contributed by atoms with Gasteiger partial charge in [-0.25, -0.2) is 4.98 Å². The summed E-state index contributed by atoms with van der Waals surface area (Å²) in [5.41, 5.74) is 6.72. The van der Waals surface area contributed by atoms with Gasteiger partial charge in [0.1, 0.15) is 0 Å². The number of hydrogen-bond donors (Lipinski definition) is 1. The SMILES string of the molecule is CC(C)c1csc(C2CCCN(Cc3noc(CN)n3)C2)n1.Cl.Cl. The van der Waals surface area contributed by atoms with Crippen LogP contribution in [0, 0.1) is 0 Å². The molecule has 9 heteroatoms. The second-order valence-corrected chi connectivity index (χ2v) is 7.04. The standard InChI is InChI=1S/C15H23N5OS.2ClH/c1-10(2)12-9-22-15(17-12)11-4-3-5-20(7-11)8-13-18-14(6-16)21-19-13;;/h9-11H,3-8,16H2,1-2H3;2*1H. The highest BCUT2D eigenvalue weighted by Gasteiger charge is 2.25. The Kier molecular flexibility index (Phi) is 8.59. The van der Waals surface area contributed by atoms with Gasteiger partial charge >= 0.3 is 0 Å². The third kappa shape index (κ3) is 5.13. The Balaban J connectivity index is 0.00000144. The van der Waals surface area contributed by atoms with Crippen LogP contribution in [-0.2, 0) is 13.1 Å². The van der Waals surface area contributed by atoms with Crippen LogP contribution in [0.3, 0.4) is 0 Å². The molecule has 2 N–H and O–H groups in total. The van der Waals surface area contributed by atoms with E-state index in [0.717, 1.165) is 25.5 Å². The largest absolute Gasteiger partial charge is 0.338 e. The fourth-order valence-electron chi connectivity index (χ4n) is 2.79. The monoisotopic (exact) mass is 393 g/mol. The molecule has 1 unspecified atom stereocenters. The molecule has 1 fully saturated rings. The first-order chi connectivity index (χ1) is 10.7. The van der Waals surface area contributed by atoms with E-state index in [2.05, 4.69) is 34.3 Å². The summed E-state index contributed by atoms with van der Waals surface area (Å²) in [6.45, 7) is 7.49. The van der Waals surface area contributed by atoms with Gasteiger partial charge in [-0.2, -0.15) is 4.98 Å². The molecule has 1 aliphatic heterocycles. The van der Waals surface area contributed by atoms with Gasteiger partial charge < -0.3 is 10.3 Å². The third-order valence-electron chi connectivity index (χ3n) is 4.04. The van der Waals surface area contributed by atoms with Gasteiger partial charge in [0.2, 0.25) is 5.89 Å². The van der Waals surface area contributed by atoms with E-state index in [-0.39, 0.29) is 24.8 Å². The van der Waals surface area contributed by atoms with Crippen LogP contribution >= 0.6 is 36.2 Å². The van der Waals surface area contributed by atoms with Gasteiger partial charge in [-0.15, -0.1) is 36.2 Å². The molecule has 0 aromatic carbocycles. The Morgan fingerprint density at radius 1 is 1.38 bits per heavy atom. The van der Waals surface area contributed by atoms with E-state index in [4.69, 9.17) is 15.2 Å². The molecule has 3 heterocycles. The van der Waals surface area contributed by atoms with E-state index in [9.17, 15) is 0 Å². The Labute approximate surface area is 159 Å². The number of halogens is 2. The summed E-state index contributed by atoms with van der Waals surface area (Å²) in [4.78, 5) is 11.5. The summed E-state index contributed by atoms with van der Waals surface area (Å²) < 4.78 is 5.07. The highest BCUT2D eigenvalue weighted by atomic mass is 35.5. The summed E-state index contributed by atoms with van der Waals surface area (Å²) in [6, 6.07) is 0. The van der Waals surface area contributed by atoms with E-state index >= 15 is 0 Å². The Bertz CT molecular complexity index is 619. The molecular weight excluding hydrogens is 369 g/mol. The van der Waals surface area contributed by atoms with Gasteiger partial charge in [0.15, 0.2) is 5.82 Å². The average molecular weight is 394 g/mol. The van der Waals surface area contributed by atoms with Crippen molar-refractivity contribution in [1.29, 1.82) is 0 Å². The quantitative estimate of drug-likeness (QED) is 0.838. The molecule has 0 bridgehead atoms. The fourth-order valence-corrected chi connectivity index (χ4v) is 3.90. The molecule has 24 heavy (non-hydrogen) atoms. The summed E-state index contributed by atoms with van der Waals surface area (Å²) in [6.07, 6.45) is 2.39. The predicted molar refractivity (Wildman–Crippen MR) is 100 cm³/mol. The highest BCUT2D eigenvalue weighted by molar-refractivity contribution is 7.09. The molecule has 1 aliphatic rings. The molecule has 0 spiro atoms. The van der Waals surface area contributed by atoms with Crippen LogP contribution in [0.25, 0.3) is 0 Å². The first-order valence-electron chi connectivity index (χ1n) is 7.85. The number of nitrogens with zero attached hydrogens (tertiary/aromatic N) is 4. The van der Waals surface area contributed by atoms with Gasteiger partial charge in [0, 0.05) is 17.8 Å². The zero-order valence-electron chi connectivity index (χ0n) is 14.0. The minimum Gasteiger partial charge on any atom is -0.338 e. The Hall–Kier alpha value is -0.730. The predicted octanol–water partition coefficient (Wildman–Crippen LogP) is 3.33. The maximum Gasteiger partial charge on any atom is 0.240 e. The number of thiazole rings is 1. The zero-order chi connectivity index (χ0) is 15.5. The van der Waals surface area contributed by atoms with Crippen molar-refractivity contribution < 1.29 is 4.52 Å². The van der Waals surface area contributed by atoms with Crippen molar-refractivity contribution in [3.8, 4) is 0 Å². The summed E-state index contributed by atoms with van der Waals surface area (Å²) in [5.74, 6) is 2.25. The first kappa shape index (κ1) is 21.3. The second-order valence-electron chi connectivity index (χ2n) is 6.15. The lowest BCUT2D eigenvalue weighted by Gasteiger charge is -2.30. The zero-order valence-corrected chi connectivity index (χ0v) is 16.4. The lowest BCUT2D eigenvalue weighted by atomic mass is 9.98. The van der Waals surface area contributed by atoms with Gasteiger partial charge in [-0.1, -0.05) is 19.0 Å². The minimum absolute atomic E-state index is 0.